The number of benzene rings is 2. The normalized spacial score (nSPS) is 19.4. The maximum atomic E-state index is 13.4. The van der Waals surface area contributed by atoms with Crippen LogP contribution in [0.3, 0.4) is 0 Å². The van der Waals surface area contributed by atoms with Gasteiger partial charge in [-0.3, -0.25) is 4.79 Å². The molecular formula is C23H22O6. The number of phenolic OH excluding ortho intramolecular Hbond substituents is 1. The van der Waals surface area contributed by atoms with E-state index in [0.29, 0.717) is 46.1 Å². The number of fused-ring (bicyclic) bond motifs is 4. The van der Waals surface area contributed by atoms with Crippen LogP contribution < -0.4 is 18.9 Å². The van der Waals surface area contributed by atoms with Crippen molar-refractivity contribution < 1.29 is 28.8 Å². The molecule has 6 heteroatoms. The molecular weight excluding hydrogens is 372 g/mol. The Balaban J connectivity index is 1.78. The summed E-state index contributed by atoms with van der Waals surface area (Å²) < 4.78 is 22.6. The Kier molecular flexibility index (Phi) is 4.92. The molecule has 150 valence electrons. The van der Waals surface area contributed by atoms with E-state index < -0.39 is 12.0 Å². The predicted octanol–water partition coefficient (Wildman–Crippen LogP) is 4.12. The second-order valence-electron chi connectivity index (χ2n) is 6.89. The highest BCUT2D eigenvalue weighted by Gasteiger charge is 2.43. The second-order valence-corrected chi connectivity index (χ2v) is 6.89. The molecule has 0 fully saturated rings. The number of rotatable bonds is 5. The first-order valence-corrected chi connectivity index (χ1v) is 9.31. The number of phenols is 1. The van der Waals surface area contributed by atoms with Crippen LogP contribution in [0.1, 0.15) is 33.8 Å². The fraction of sp³-hybridized carbons (Fsp3) is 0.261. The Bertz CT molecular complexity index is 1010. The number of ketones is 1. The van der Waals surface area contributed by atoms with E-state index in [-0.39, 0.29) is 18.1 Å². The van der Waals surface area contributed by atoms with E-state index in [2.05, 4.69) is 6.58 Å². The predicted molar refractivity (Wildman–Crippen MR) is 108 cm³/mol. The number of aromatic hydroxyl groups is 1. The molecule has 0 aromatic heterocycles. The minimum atomic E-state index is -0.527. The summed E-state index contributed by atoms with van der Waals surface area (Å²) >= 11 is 0. The average molecular weight is 394 g/mol. The molecule has 4 rings (SSSR count). The second kappa shape index (κ2) is 7.54. The van der Waals surface area contributed by atoms with Gasteiger partial charge in [-0.25, -0.2) is 0 Å². The Labute approximate surface area is 169 Å². The van der Waals surface area contributed by atoms with E-state index >= 15 is 0 Å². The van der Waals surface area contributed by atoms with Gasteiger partial charge in [0.05, 0.1) is 25.7 Å². The van der Waals surface area contributed by atoms with Crippen LogP contribution in [0.4, 0.5) is 0 Å². The van der Waals surface area contributed by atoms with Crippen molar-refractivity contribution in [1.82, 2.24) is 0 Å². The highest BCUT2D eigenvalue weighted by Crippen LogP contribution is 2.47. The van der Waals surface area contributed by atoms with Crippen LogP contribution in [-0.2, 0) is 0 Å². The van der Waals surface area contributed by atoms with E-state index in [4.69, 9.17) is 18.9 Å². The molecule has 2 aliphatic heterocycles. The zero-order chi connectivity index (χ0) is 20.5. The van der Waals surface area contributed by atoms with Crippen molar-refractivity contribution in [2.45, 2.75) is 18.4 Å². The summed E-state index contributed by atoms with van der Waals surface area (Å²) in [4.78, 5) is 13.4. The average Bonchev–Trinajstić information content (AvgIpc) is 2.73. The van der Waals surface area contributed by atoms with Crippen LogP contribution in [0.15, 0.2) is 43.0 Å². The number of allylic oxidation sites excluding steroid dienone is 2. The Morgan fingerprint density at radius 3 is 2.66 bits per heavy atom. The van der Waals surface area contributed by atoms with E-state index in [0.717, 1.165) is 0 Å². The molecule has 0 aliphatic carbocycles. The Hall–Kier alpha value is -3.41. The molecule has 0 amide bonds. The highest BCUT2D eigenvalue weighted by molar-refractivity contribution is 6.06. The maximum Gasteiger partial charge on any atom is 0.178 e. The third-order valence-corrected chi connectivity index (χ3v) is 5.18. The maximum absolute atomic E-state index is 13.4. The van der Waals surface area contributed by atoms with Crippen LogP contribution in [0, 0.1) is 0 Å². The van der Waals surface area contributed by atoms with Crippen molar-refractivity contribution in [2.75, 3.05) is 20.8 Å². The fourth-order valence-electron chi connectivity index (χ4n) is 3.76. The van der Waals surface area contributed by atoms with Crippen molar-refractivity contribution in [3.05, 3.63) is 59.7 Å². The molecule has 0 saturated heterocycles. The lowest BCUT2D eigenvalue weighted by atomic mass is 9.81. The van der Waals surface area contributed by atoms with Crippen molar-refractivity contribution in [2.24, 2.45) is 0 Å². The zero-order valence-electron chi connectivity index (χ0n) is 16.3. The summed E-state index contributed by atoms with van der Waals surface area (Å²) in [7, 11) is 3.10. The van der Waals surface area contributed by atoms with Gasteiger partial charge in [0.15, 0.2) is 17.3 Å². The van der Waals surface area contributed by atoms with E-state index in [1.165, 1.54) is 6.07 Å². The number of Topliss-reactive ketones (excluding diaryl/α,β-unsaturated/α-hetero) is 1. The fourth-order valence-corrected chi connectivity index (χ4v) is 3.76. The zero-order valence-corrected chi connectivity index (χ0v) is 16.3. The lowest BCUT2D eigenvalue weighted by molar-refractivity contribution is 0.0557. The minimum absolute atomic E-state index is 0.0545. The van der Waals surface area contributed by atoms with Gasteiger partial charge < -0.3 is 24.1 Å². The first kappa shape index (κ1) is 18.9. The number of hydrogen-bond acceptors (Lipinski definition) is 6. The minimum Gasteiger partial charge on any atom is -0.507 e. The van der Waals surface area contributed by atoms with Crippen molar-refractivity contribution in [3.8, 4) is 28.7 Å². The molecule has 2 atom stereocenters. The first-order valence-electron chi connectivity index (χ1n) is 9.31. The molecule has 0 unspecified atom stereocenters. The summed E-state index contributed by atoms with van der Waals surface area (Å²) in [6, 6.07) is 6.65. The SMILES string of the molecule is C=CCC=Cc1cc2c(cc1O)O[C@@H]1COc3cc(OC)c(OC)cc3[C@@H]1C2=O. The number of carbonyl (C=O) groups excluding carboxylic acids is 1. The van der Waals surface area contributed by atoms with Gasteiger partial charge in [-0.05, 0) is 18.6 Å². The third-order valence-electron chi connectivity index (χ3n) is 5.18. The molecule has 6 nitrogen and oxygen atoms in total. The molecule has 0 spiro atoms. The molecule has 0 bridgehead atoms. The van der Waals surface area contributed by atoms with Gasteiger partial charge in [-0.1, -0.05) is 18.2 Å². The van der Waals surface area contributed by atoms with Gasteiger partial charge in [0.1, 0.15) is 30.0 Å². The van der Waals surface area contributed by atoms with Gasteiger partial charge in [0.25, 0.3) is 0 Å². The molecule has 2 aromatic carbocycles. The smallest absolute Gasteiger partial charge is 0.178 e. The van der Waals surface area contributed by atoms with Gasteiger partial charge in [0, 0.05) is 23.3 Å². The number of hydrogen-bond donors (Lipinski definition) is 1. The quantitative estimate of drug-likeness (QED) is 0.769. The standard InChI is InChI=1S/C23H22O6/c1-4-5-6-7-13-8-15-18(10-16(13)24)29-21-12-28-17-11-20(27-3)19(26-2)9-14(17)22(21)23(15)25/h4,6-11,21-22,24H,1,5,12H2,2-3H3/t21-,22+/m1/s1. The first-order chi connectivity index (χ1) is 14.1. The monoisotopic (exact) mass is 394 g/mol. The summed E-state index contributed by atoms with van der Waals surface area (Å²) in [5, 5.41) is 10.3. The number of methoxy groups -OCH3 is 2. The van der Waals surface area contributed by atoms with Crippen molar-refractivity contribution >= 4 is 11.9 Å². The lowest BCUT2D eigenvalue weighted by Crippen LogP contribution is -2.43. The van der Waals surface area contributed by atoms with Crippen LogP contribution in [0.5, 0.6) is 28.7 Å². The number of carbonyl (C=O) groups is 1. The third kappa shape index (κ3) is 3.20. The van der Waals surface area contributed by atoms with E-state index in [1.54, 1.807) is 44.6 Å². The van der Waals surface area contributed by atoms with Gasteiger partial charge in [0.2, 0.25) is 0 Å². The highest BCUT2D eigenvalue weighted by atomic mass is 16.5. The molecule has 0 saturated carbocycles. The molecule has 1 N–H and O–H groups in total. The summed E-state index contributed by atoms with van der Waals surface area (Å²) in [5.74, 6) is 1.45. The van der Waals surface area contributed by atoms with E-state index in [9.17, 15) is 9.90 Å². The summed E-state index contributed by atoms with van der Waals surface area (Å²) in [6.45, 7) is 3.89. The Morgan fingerprint density at radius 1 is 1.17 bits per heavy atom. The van der Waals surface area contributed by atoms with Crippen LogP contribution in [0.25, 0.3) is 6.08 Å². The van der Waals surface area contributed by atoms with Gasteiger partial charge in [-0.2, -0.15) is 0 Å². The van der Waals surface area contributed by atoms with Crippen molar-refractivity contribution in [3.63, 3.8) is 0 Å². The summed E-state index contributed by atoms with van der Waals surface area (Å²) in [5.41, 5.74) is 1.69. The number of ether oxygens (including phenoxy) is 4. The molecule has 2 heterocycles. The van der Waals surface area contributed by atoms with Crippen molar-refractivity contribution in [1.29, 1.82) is 0 Å². The molecule has 2 aliphatic rings. The van der Waals surface area contributed by atoms with Crippen LogP contribution in [0.2, 0.25) is 0 Å². The summed E-state index contributed by atoms with van der Waals surface area (Å²) in [6.07, 6.45) is 5.57. The van der Waals surface area contributed by atoms with E-state index in [1.807, 2.05) is 6.08 Å². The lowest BCUT2D eigenvalue weighted by Gasteiger charge is -2.37. The molecule has 29 heavy (non-hydrogen) atoms. The largest absolute Gasteiger partial charge is 0.507 e. The van der Waals surface area contributed by atoms with Gasteiger partial charge in [-0.15, -0.1) is 6.58 Å². The molecule has 0 radical (unpaired) electrons. The topological polar surface area (TPSA) is 74.2 Å². The van der Waals surface area contributed by atoms with Crippen LogP contribution >= 0.6 is 0 Å². The van der Waals surface area contributed by atoms with Gasteiger partial charge >= 0.3 is 0 Å². The van der Waals surface area contributed by atoms with Crippen LogP contribution in [-0.4, -0.2) is 37.8 Å². The molecule has 2 aromatic rings. The Morgan fingerprint density at radius 2 is 1.93 bits per heavy atom.